The van der Waals surface area contributed by atoms with Gasteiger partial charge in [-0.2, -0.15) is 0 Å². The Labute approximate surface area is 176 Å². The smallest absolute Gasteiger partial charge is 0.229 e. The molecule has 1 fully saturated rings. The zero-order chi connectivity index (χ0) is 21.1. The summed E-state index contributed by atoms with van der Waals surface area (Å²) in [6.07, 6.45) is 3.48. The third-order valence-corrected chi connectivity index (χ3v) is 5.63. The molecule has 1 aromatic heterocycles. The normalized spacial score (nSPS) is 16.4. The molecular formula is C24H25FN4O. The van der Waals surface area contributed by atoms with E-state index >= 15 is 0 Å². The molecule has 0 spiro atoms. The summed E-state index contributed by atoms with van der Waals surface area (Å²) in [6.45, 7) is 5.55. The van der Waals surface area contributed by atoms with Crippen LogP contribution in [0.3, 0.4) is 0 Å². The fourth-order valence-electron chi connectivity index (χ4n) is 3.73. The van der Waals surface area contributed by atoms with Crippen LogP contribution in [0, 0.1) is 25.6 Å². The first-order valence-corrected chi connectivity index (χ1v) is 10.2. The number of halogens is 1. The Morgan fingerprint density at radius 2 is 1.90 bits per heavy atom. The molecule has 1 amide bonds. The lowest BCUT2D eigenvalue weighted by molar-refractivity contribution is -0.120. The average molecular weight is 404 g/mol. The monoisotopic (exact) mass is 404 g/mol. The van der Waals surface area contributed by atoms with Crippen LogP contribution in [0.2, 0.25) is 0 Å². The van der Waals surface area contributed by atoms with E-state index in [0.29, 0.717) is 12.4 Å². The Morgan fingerprint density at radius 1 is 1.10 bits per heavy atom. The van der Waals surface area contributed by atoms with Crippen molar-refractivity contribution in [1.29, 1.82) is 0 Å². The van der Waals surface area contributed by atoms with Crippen molar-refractivity contribution in [2.24, 2.45) is 5.92 Å². The summed E-state index contributed by atoms with van der Waals surface area (Å²) < 4.78 is 13.2. The van der Waals surface area contributed by atoms with E-state index in [1.807, 2.05) is 31.2 Å². The first kappa shape index (κ1) is 20.0. The molecule has 154 valence electrons. The van der Waals surface area contributed by atoms with Gasteiger partial charge in [-0.15, -0.1) is 0 Å². The molecule has 3 aromatic rings. The first-order valence-electron chi connectivity index (χ1n) is 10.2. The minimum absolute atomic E-state index is 0.0377. The molecule has 1 aliphatic heterocycles. The van der Waals surface area contributed by atoms with E-state index in [0.717, 1.165) is 42.0 Å². The summed E-state index contributed by atoms with van der Waals surface area (Å²) in [6, 6.07) is 14.0. The van der Waals surface area contributed by atoms with Gasteiger partial charge >= 0.3 is 0 Å². The maximum atomic E-state index is 13.2. The standard InChI is InChI=1S/C24H25FN4O/c1-16-5-10-21(14-17(16)2)27-24(30)19-4-3-13-29(15-19)22-11-12-26-23(28-22)18-6-8-20(25)9-7-18/h5-12,14,19H,3-4,13,15H2,1-2H3,(H,27,30)/t19-/m1/s1. The molecule has 0 aliphatic carbocycles. The number of hydrogen-bond donors (Lipinski definition) is 1. The largest absolute Gasteiger partial charge is 0.356 e. The maximum Gasteiger partial charge on any atom is 0.229 e. The van der Waals surface area contributed by atoms with Crippen molar-refractivity contribution in [3.63, 3.8) is 0 Å². The Hall–Kier alpha value is -3.28. The second-order valence-electron chi connectivity index (χ2n) is 7.82. The van der Waals surface area contributed by atoms with Crippen LogP contribution in [0.1, 0.15) is 24.0 Å². The van der Waals surface area contributed by atoms with Crippen LogP contribution >= 0.6 is 0 Å². The summed E-state index contributed by atoms with van der Waals surface area (Å²) in [7, 11) is 0. The van der Waals surface area contributed by atoms with Gasteiger partial charge in [0.1, 0.15) is 11.6 Å². The molecule has 2 aromatic carbocycles. The minimum atomic E-state index is -0.288. The summed E-state index contributed by atoms with van der Waals surface area (Å²) in [5.41, 5.74) is 3.96. The number of nitrogens with zero attached hydrogens (tertiary/aromatic N) is 3. The molecule has 0 bridgehead atoms. The lowest BCUT2D eigenvalue weighted by Crippen LogP contribution is -2.41. The molecule has 1 saturated heterocycles. The summed E-state index contributed by atoms with van der Waals surface area (Å²) in [5, 5.41) is 3.06. The van der Waals surface area contributed by atoms with Crippen molar-refractivity contribution in [1.82, 2.24) is 9.97 Å². The summed E-state index contributed by atoms with van der Waals surface area (Å²) in [4.78, 5) is 24.0. The molecule has 0 saturated carbocycles. The van der Waals surface area contributed by atoms with Gasteiger partial charge in [-0.25, -0.2) is 14.4 Å². The van der Waals surface area contributed by atoms with E-state index in [4.69, 9.17) is 0 Å². The van der Waals surface area contributed by atoms with Crippen molar-refractivity contribution in [3.8, 4) is 11.4 Å². The third-order valence-electron chi connectivity index (χ3n) is 5.63. The number of carbonyl (C=O) groups excluding carboxylic acids is 1. The zero-order valence-corrected chi connectivity index (χ0v) is 17.2. The molecule has 5 nitrogen and oxygen atoms in total. The number of amides is 1. The SMILES string of the molecule is Cc1ccc(NC(=O)[C@@H]2CCCN(c3ccnc(-c4ccc(F)cc4)n3)C2)cc1C. The van der Waals surface area contributed by atoms with E-state index in [9.17, 15) is 9.18 Å². The van der Waals surface area contributed by atoms with Crippen LogP contribution in [-0.4, -0.2) is 29.0 Å². The summed E-state index contributed by atoms with van der Waals surface area (Å²) in [5.74, 6) is 0.978. The molecule has 1 atom stereocenters. The Balaban J connectivity index is 1.47. The molecule has 30 heavy (non-hydrogen) atoms. The van der Waals surface area contributed by atoms with Crippen LogP contribution in [0.4, 0.5) is 15.9 Å². The second kappa shape index (κ2) is 8.61. The number of aromatic nitrogens is 2. The van der Waals surface area contributed by atoms with Crippen molar-refractivity contribution < 1.29 is 9.18 Å². The third kappa shape index (κ3) is 4.48. The number of carbonyl (C=O) groups is 1. The predicted molar refractivity (Wildman–Crippen MR) is 117 cm³/mol. The Morgan fingerprint density at radius 3 is 2.67 bits per heavy atom. The maximum absolute atomic E-state index is 13.2. The second-order valence-corrected chi connectivity index (χ2v) is 7.82. The highest BCUT2D eigenvalue weighted by Crippen LogP contribution is 2.25. The van der Waals surface area contributed by atoms with Crippen LogP contribution in [0.25, 0.3) is 11.4 Å². The number of rotatable bonds is 4. The lowest BCUT2D eigenvalue weighted by atomic mass is 9.97. The fourth-order valence-corrected chi connectivity index (χ4v) is 3.73. The van der Waals surface area contributed by atoms with E-state index in [1.54, 1.807) is 18.3 Å². The highest BCUT2D eigenvalue weighted by molar-refractivity contribution is 5.93. The van der Waals surface area contributed by atoms with Crippen LogP contribution in [-0.2, 0) is 4.79 Å². The quantitative estimate of drug-likeness (QED) is 0.681. The van der Waals surface area contributed by atoms with Crippen LogP contribution < -0.4 is 10.2 Å². The molecule has 4 rings (SSSR count). The van der Waals surface area contributed by atoms with E-state index < -0.39 is 0 Å². The van der Waals surface area contributed by atoms with Gasteiger partial charge < -0.3 is 10.2 Å². The molecule has 2 heterocycles. The molecule has 1 N–H and O–H groups in total. The van der Waals surface area contributed by atoms with Crippen LogP contribution in [0.5, 0.6) is 0 Å². The van der Waals surface area contributed by atoms with Gasteiger partial charge in [0.2, 0.25) is 5.91 Å². The average Bonchev–Trinajstić information content (AvgIpc) is 2.77. The van der Waals surface area contributed by atoms with Gasteiger partial charge in [0.15, 0.2) is 5.82 Å². The predicted octanol–water partition coefficient (Wildman–Crippen LogP) is 4.75. The number of hydrogen-bond acceptors (Lipinski definition) is 4. The van der Waals surface area contributed by atoms with E-state index in [2.05, 4.69) is 27.1 Å². The molecule has 1 aliphatic rings. The van der Waals surface area contributed by atoms with Gasteiger partial charge in [0.05, 0.1) is 5.92 Å². The lowest BCUT2D eigenvalue weighted by Gasteiger charge is -2.33. The zero-order valence-electron chi connectivity index (χ0n) is 17.2. The fraction of sp³-hybridized carbons (Fsp3) is 0.292. The minimum Gasteiger partial charge on any atom is -0.356 e. The summed E-state index contributed by atoms with van der Waals surface area (Å²) >= 11 is 0. The van der Waals surface area contributed by atoms with Crippen molar-refractivity contribution in [2.75, 3.05) is 23.3 Å². The number of anilines is 2. The van der Waals surface area contributed by atoms with Gasteiger partial charge in [0.25, 0.3) is 0 Å². The van der Waals surface area contributed by atoms with Crippen molar-refractivity contribution in [2.45, 2.75) is 26.7 Å². The number of aryl methyl sites for hydroxylation is 2. The van der Waals surface area contributed by atoms with Gasteiger partial charge in [0, 0.05) is 30.5 Å². The highest BCUT2D eigenvalue weighted by atomic mass is 19.1. The van der Waals surface area contributed by atoms with Gasteiger partial charge in [-0.1, -0.05) is 6.07 Å². The molecule has 6 heteroatoms. The molecule has 0 radical (unpaired) electrons. The molecule has 0 unspecified atom stereocenters. The van der Waals surface area contributed by atoms with E-state index in [-0.39, 0.29) is 17.6 Å². The van der Waals surface area contributed by atoms with Gasteiger partial charge in [-0.05, 0) is 80.3 Å². The number of piperidine rings is 1. The van der Waals surface area contributed by atoms with Crippen molar-refractivity contribution >= 4 is 17.4 Å². The molecular weight excluding hydrogens is 379 g/mol. The van der Waals surface area contributed by atoms with E-state index in [1.165, 1.54) is 17.7 Å². The van der Waals surface area contributed by atoms with Gasteiger partial charge in [-0.3, -0.25) is 4.79 Å². The van der Waals surface area contributed by atoms with Crippen LogP contribution in [0.15, 0.2) is 54.7 Å². The Bertz CT molecular complexity index is 1050. The van der Waals surface area contributed by atoms with Crippen molar-refractivity contribution in [3.05, 3.63) is 71.7 Å². The first-order chi connectivity index (χ1) is 14.5. The highest BCUT2D eigenvalue weighted by Gasteiger charge is 2.27. The Kier molecular flexibility index (Phi) is 5.74. The topological polar surface area (TPSA) is 58.1 Å². The number of benzene rings is 2. The number of nitrogens with one attached hydrogen (secondary N) is 1.